The van der Waals surface area contributed by atoms with E-state index in [2.05, 4.69) is 5.32 Å². The van der Waals surface area contributed by atoms with Crippen LogP contribution in [-0.2, 0) is 19.6 Å². The van der Waals surface area contributed by atoms with E-state index in [-0.39, 0.29) is 29.9 Å². The van der Waals surface area contributed by atoms with E-state index in [0.29, 0.717) is 26.0 Å². The fraction of sp³-hybridized carbons (Fsp3) is 0.562. The van der Waals surface area contributed by atoms with Gasteiger partial charge in [0.15, 0.2) is 0 Å². The Balaban J connectivity index is 1.96. The molecule has 6 nitrogen and oxygen atoms in total. The standard InChI is InChI=1S/C16H21FN2O4S/c17-12-3-1-4-13(11-12)24(21,22)19-8-10-23-9-7-18-16(20)14-5-2-6-15(14)19/h1,3-4,11,14-15H,2,5-10H2,(H,18,20). The second-order valence-electron chi connectivity index (χ2n) is 6.08. The molecular weight excluding hydrogens is 335 g/mol. The molecule has 1 aromatic carbocycles. The molecule has 2 aliphatic rings. The Kier molecular flexibility index (Phi) is 5.17. The Labute approximate surface area is 141 Å². The number of carbonyl (C=O) groups excluding carboxylic acids is 1. The topological polar surface area (TPSA) is 75.7 Å². The van der Waals surface area contributed by atoms with Crippen LogP contribution < -0.4 is 5.32 Å². The van der Waals surface area contributed by atoms with Crippen molar-refractivity contribution in [1.29, 1.82) is 0 Å². The lowest BCUT2D eigenvalue weighted by atomic mass is 10.0. The summed E-state index contributed by atoms with van der Waals surface area (Å²) in [5, 5.41) is 2.80. The van der Waals surface area contributed by atoms with Crippen LogP contribution in [-0.4, -0.2) is 51.0 Å². The molecule has 0 bridgehead atoms. The van der Waals surface area contributed by atoms with E-state index in [1.54, 1.807) is 0 Å². The monoisotopic (exact) mass is 356 g/mol. The van der Waals surface area contributed by atoms with E-state index in [1.807, 2.05) is 0 Å². The summed E-state index contributed by atoms with van der Waals surface area (Å²) in [5.74, 6) is -1.11. The lowest BCUT2D eigenvalue weighted by molar-refractivity contribution is -0.126. The molecule has 3 rings (SSSR count). The Hall–Kier alpha value is -1.51. The van der Waals surface area contributed by atoms with Crippen LogP contribution in [0.4, 0.5) is 4.39 Å². The largest absolute Gasteiger partial charge is 0.378 e. The van der Waals surface area contributed by atoms with Crippen LogP contribution >= 0.6 is 0 Å². The van der Waals surface area contributed by atoms with Crippen molar-refractivity contribution in [2.75, 3.05) is 26.3 Å². The molecule has 1 heterocycles. The fourth-order valence-electron chi connectivity index (χ4n) is 3.45. The summed E-state index contributed by atoms with van der Waals surface area (Å²) < 4.78 is 46.3. The van der Waals surface area contributed by atoms with Gasteiger partial charge in [0.25, 0.3) is 0 Å². The van der Waals surface area contributed by atoms with Gasteiger partial charge in [0.2, 0.25) is 15.9 Å². The second kappa shape index (κ2) is 7.16. The van der Waals surface area contributed by atoms with Crippen LogP contribution in [0.3, 0.4) is 0 Å². The molecule has 1 amide bonds. The van der Waals surface area contributed by atoms with Crippen LogP contribution in [0.15, 0.2) is 29.2 Å². The van der Waals surface area contributed by atoms with Crippen LogP contribution in [0.1, 0.15) is 19.3 Å². The minimum absolute atomic E-state index is 0.0920. The summed E-state index contributed by atoms with van der Waals surface area (Å²) in [7, 11) is -3.90. The molecule has 0 aromatic heterocycles. The number of ether oxygens (including phenoxy) is 1. The summed E-state index contributed by atoms with van der Waals surface area (Å²) in [6.45, 7) is 1.18. The van der Waals surface area contributed by atoms with Gasteiger partial charge in [-0.3, -0.25) is 4.79 Å². The first kappa shape index (κ1) is 17.3. The first-order valence-corrected chi connectivity index (χ1v) is 9.57. The summed E-state index contributed by atoms with van der Waals surface area (Å²) in [4.78, 5) is 12.2. The molecule has 1 aromatic rings. The zero-order chi connectivity index (χ0) is 17.2. The number of halogens is 1. The van der Waals surface area contributed by atoms with E-state index >= 15 is 0 Å². The molecule has 2 unspecified atom stereocenters. The maximum absolute atomic E-state index is 13.5. The Morgan fingerprint density at radius 2 is 2.08 bits per heavy atom. The van der Waals surface area contributed by atoms with Crippen molar-refractivity contribution in [3.05, 3.63) is 30.1 Å². The van der Waals surface area contributed by atoms with Crippen molar-refractivity contribution in [2.24, 2.45) is 5.92 Å². The Bertz CT molecular complexity index is 710. The van der Waals surface area contributed by atoms with Gasteiger partial charge in [-0.1, -0.05) is 12.5 Å². The molecule has 0 radical (unpaired) electrons. The smallest absolute Gasteiger partial charge is 0.243 e. The number of amides is 1. The predicted molar refractivity (Wildman–Crippen MR) is 85.2 cm³/mol. The van der Waals surface area contributed by atoms with Crippen LogP contribution in [0.5, 0.6) is 0 Å². The molecule has 1 aliphatic carbocycles. The number of nitrogens with zero attached hydrogens (tertiary/aromatic N) is 1. The minimum Gasteiger partial charge on any atom is -0.378 e. The molecule has 8 heteroatoms. The first-order valence-electron chi connectivity index (χ1n) is 8.13. The quantitative estimate of drug-likeness (QED) is 0.862. The van der Waals surface area contributed by atoms with Crippen molar-refractivity contribution < 1.29 is 22.3 Å². The van der Waals surface area contributed by atoms with Gasteiger partial charge < -0.3 is 10.1 Å². The SMILES string of the molecule is O=C1NCCOCCN(S(=O)(=O)c2cccc(F)c2)C2CCCC12. The number of carbonyl (C=O) groups is 1. The summed E-state index contributed by atoms with van der Waals surface area (Å²) >= 11 is 0. The van der Waals surface area contributed by atoms with Gasteiger partial charge in [-0.05, 0) is 31.0 Å². The van der Waals surface area contributed by atoms with Gasteiger partial charge in [0, 0.05) is 19.1 Å². The van der Waals surface area contributed by atoms with Crippen LogP contribution in [0.25, 0.3) is 0 Å². The van der Waals surface area contributed by atoms with Gasteiger partial charge >= 0.3 is 0 Å². The zero-order valence-corrected chi connectivity index (χ0v) is 14.1. The molecule has 2 atom stereocenters. The van der Waals surface area contributed by atoms with Crippen LogP contribution in [0, 0.1) is 11.7 Å². The molecule has 1 saturated carbocycles. The van der Waals surface area contributed by atoms with E-state index in [1.165, 1.54) is 22.5 Å². The molecule has 1 N–H and O–H groups in total. The second-order valence-corrected chi connectivity index (χ2v) is 7.97. The highest BCUT2D eigenvalue weighted by Gasteiger charge is 2.42. The van der Waals surface area contributed by atoms with E-state index in [9.17, 15) is 17.6 Å². The van der Waals surface area contributed by atoms with E-state index < -0.39 is 21.9 Å². The van der Waals surface area contributed by atoms with E-state index in [4.69, 9.17) is 4.74 Å². The number of nitrogens with one attached hydrogen (secondary N) is 1. The average molecular weight is 356 g/mol. The van der Waals surface area contributed by atoms with E-state index in [0.717, 1.165) is 12.5 Å². The number of hydrogen-bond acceptors (Lipinski definition) is 4. The summed E-state index contributed by atoms with van der Waals surface area (Å²) in [6, 6.07) is 4.55. The summed E-state index contributed by atoms with van der Waals surface area (Å²) in [6.07, 6.45) is 2.07. The number of rotatable bonds is 2. The maximum Gasteiger partial charge on any atom is 0.243 e. The predicted octanol–water partition coefficient (Wildman–Crippen LogP) is 1.13. The third-order valence-corrected chi connectivity index (χ3v) is 6.51. The lowest BCUT2D eigenvalue weighted by Crippen LogP contribution is -2.49. The molecule has 24 heavy (non-hydrogen) atoms. The Morgan fingerprint density at radius 3 is 2.88 bits per heavy atom. The number of sulfonamides is 1. The number of benzene rings is 1. The Morgan fingerprint density at radius 1 is 1.25 bits per heavy atom. The maximum atomic E-state index is 13.5. The number of fused-ring (bicyclic) bond motifs is 1. The van der Waals surface area contributed by atoms with Gasteiger partial charge in [0.1, 0.15) is 5.82 Å². The minimum atomic E-state index is -3.90. The van der Waals surface area contributed by atoms with Gasteiger partial charge in [0.05, 0.1) is 24.0 Å². The average Bonchev–Trinajstić information content (AvgIpc) is 3.03. The molecule has 132 valence electrons. The van der Waals surface area contributed by atoms with Crippen molar-refractivity contribution in [3.8, 4) is 0 Å². The summed E-state index contributed by atoms with van der Waals surface area (Å²) in [5.41, 5.74) is 0. The van der Waals surface area contributed by atoms with Crippen molar-refractivity contribution in [2.45, 2.75) is 30.2 Å². The highest BCUT2D eigenvalue weighted by molar-refractivity contribution is 7.89. The third kappa shape index (κ3) is 3.45. The molecule has 1 aliphatic heterocycles. The third-order valence-electron chi connectivity index (χ3n) is 4.59. The van der Waals surface area contributed by atoms with Crippen molar-refractivity contribution >= 4 is 15.9 Å². The fourth-order valence-corrected chi connectivity index (χ4v) is 5.16. The lowest BCUT2D eigenvalue weighted by Gasteiger charge is -2.32. The molecule has 1 saturated heterocycles. The number of hydrogen-bond donors (Lipinski definition) is 1. The van der Waals surface area contributed by atoms with Gasteiger partial charge in [-0.25, -0.2) is 12.8 Å². The van der Waals surface area contributed by atoms with Gasteiger partial charge in [-0.2, -0.15) is 4.31 Å². The van der Waals surface area contributed by atoms with Gasteiger partial charge in [-0.15, -0.1) is 0 Å². The molecule has 2 fully saturated rings. The first-order chi connectivity index (χ1) is 11.5. The molecule has 0 spiro atoms. The zero-order valence-electron chi connectivity index (χ0n) is 13.3. The highest BCUT2D eigenvalue weighted by atomic mass is 32.2. The van der Waals surface area contributed by atoms with Crippen LogP contribution in [0.2, 0.25) is 0 Å². The molecular formula is C16H21FN2O4S. The normalized spacial score (nSPS) is 26.6. The van der Waals surface area contributed by atoms with Crippen molar-refractivity contribution in [3.63, 3.8) is 0 Å². The van der Waals surface area contributed by atoms with Crippen molar-refractivity contribution in [1.82, 2.24) is 9.62 Å². The highest BCUT2D eigenvalue weighted by Crippen LogP contribution is 2.33.